The van der Waals surface area contributed by atoms with Crippen LogP contribution in [0, 0.1) is 5.82 Å². The number of hydrogen-bond donors (Lipinski definition) is 3. The van der Waals surface area contributed by atoms with Crippen LogP contribution in [0.3, 0.4) is 0 Å². The molecule has 0 aliphatic heterocycles. The molecule has 0 spiro atoms. The molecule has 8 heteroatoms. The molecule has 0 fully saturated rings. The van der Waals surface area contributed by atoms with E-state index in [1.54, 1.807) is 54.6 Å². The number of para-hydroxylation sites is 2. The lowest BCUT2D eigenvalue weighted by molar-refractivity contribution is -0.118. The van der Waals surface area contributed by atoms with Crippen LogP contribution in [-0.2, 0) is 4.79 Å². The van der Waals surface area contributed by atoms with Crippen LogP contribution >= 0.6 is 0 Å². The van der Waals surface area contributed by atoms with Gasteiger partial charge in [0.05, 0.1) is 11.3 Å². The smallest absolute Gasteiger partial charge is 0.262 e. The highest BCUT2D eigenvalue weighted by molar-refractivity contribution is 6.06. The zero-order chi connectivity index (χ0) is 22.9. The van der Waals surface area contributed by atoms with Gasteiger partial charge in [0, 0.05) is 17.8 Å². The first-order valence-electron chi connectivity index (χ1n) is 9.93. The van der Waals surface area contributed by atoms with E-state index in [-0.39, 0.29) is 22.9 Å². The number of carbonyl (C=O) groups is 3. The quantitative estimate of drug-likeness (QED) is 0.501. The van der Waals surface area contributed by atoms with Gasteiger partial charge in [-0.05, 0) is 55.5 Å². The van der Waals surface area contributed by atoms with Crippen LogP contribution in [0.4, 0.5) is 15.8 Å². The first-order valence-corrected chi connectivity index (χ1v) is 9.93. The molecule has 3 aromatic rings. The summed E-state index contributed by atoms with van der Waals surface area (Å²) in [7, 11) is 0. The molecule has 0 aliphatic carbocycles. The van der Waals surface area contributed by atoms with E-state index in [4.69, 9.17) is 4.74 Å². The number of halogens is 1. The summed E-state index contributed by atoms with van der Waals surface area (Å²) in [6.07, 6.45) is 0. The molecule has 3 N–H and O–H groups in total. The Labute approximate surface area is 184 Å². The Morgan fingerprint density at radius 2 is 1.53 bits per heavy atom. The molecule has 0 aromatic heterocycles. The SMILES string of the molecule is CCNC(=O)c1ccc(NC(=O)c2ccccc2OCC(=O)Nc2ccccc2F)cc1. The van der Waals surface area contributed by atoms with E-state index >= 15 is 0 Å². The summed E-state index contributed by atoms with van der Waals surface area (Å²) in [6, 6.07) is 18.7. The van der Waals surface area contributed by atoms with E-state index in [1.165, 1.54) is 18.2 Å². The van der Waals surface area contributed by atoms with Gasteiger partial charge >= 0.3 is 0 Å². The van der Waals surface area contributed by atoms with Crippen molar-refractivity contribution in [1.82, 2.24) is 5.32 Å². The Morgan fingerprint density at radius 3 is 2.25 bits per heavy atom. The summed E-state index contributed by atoms with van der Waals surface area (Å²) in [5.41, 5.74) is 1.24. The van der Waals surface area contributed by atoms with Crippen molar-refractivity contribution < 1.29 is 23.5 Å². The Morgan fingerprint density at radius 1 is 0.844 bits per heavy atom. The van der Waals surface area contributed by atoms with Crippen molar-refractivity contribution in [1.29, 1.82) is 0 Å². The van der Waals surface area contributed by atoms with Gasteiger partial charge in [-0.3, -0.25) is 14.4 Å². The lowest BCUT2D eigenvalue weighted by Crippen LogP contribution is -2.22. The number of nitrogens with one attached hydrogen (secondary N) is 3. The van der Waals surface area contributed by atoms with Gasteiger partial charge in [0.1, 0.15) is 11.6 Å². The van der Waals surface area contributed by atoms with Crippen molar-refractivity contribution in [3.8, 4) is 5.75 Å². The molecule has 3 aromatic carbocycles. The summed E-state index contributed by atoms with van der Waals surface area (Å²) in [5.74, 6) is -1.56. The normalized spacial score (nSPS) is 10.2. The van der Waals surface area contributed by atoms with Crippen LogP contribution in [0.25, 0.3) is 0 Å². The summed E-state index contributed by atoms with van der Waals surface area (Å²) in [5, 5.41) is 7.85. The highest BCUT2D eigenvalue weighted by atomic mass is 19.1. The maximum absolute atomic E-state index is 13.7. The molecule has 0 heterocycles. The molecule has 0 bridgehead atoms. The zero-order valence-corrected chi connectivity index (χ0v) is 17.4. The molecule has 3 rings (SSSR count). The second kappa shape index (κ2) is 10.7. The Balaban J connectivity index is 1.63. The van der Waals surface area contributed by atoms with E-state index in [2.05, 4.69) is 16.0 Å². The summed E-state index contributed by atoms with van der Waals surface area (Å²) >= 11 is 0. The van der Waals surface area contributed by atoms with E-state index in [0.717, 1.165) is 0 Å². The molecule has 0 atom stereocenters. The minimum absolute atomic E-state index is 0.0446. The van der Waals surface area contributed by atoms with Gasteiger partial charge < -0.3 is 20.7 Å². The van der Waals surface area contributed by atoms with E-state index in [0.29, 0.717) is 17.8 Å². The van der Waals surface area contributed by atoms with Crippen LogP contribution < -0.4 is 20.7 Å². The molecular weight excluding hydrogens is 413 g/mol. The number of carbonyl (C=O) groups excluding carboxylic acids is 3. The maximum Gasteiger partial charge on any atom is 0.262 e. The number of hydrogen-bond acceptors (Lipinski definition) is 4. The van der Waals surface area contributed by atoms with Crippen molar-refractivity contribution in [3.63, 3.8) is 0 Å². The van der Waals surface area contributed by atoms with Crippen molar-refractivity contribution in [2.45, 2.75) is 6.92 Å². The van der Waals surface area contributed by atoms with Gasteiger partial charge in [0.15, 0.2) is 6.61 Å². The monoisotopic (exact) mass is 435 g/mol. The summed E-state index contributed by atoms with van der Waals surface area (Å²) < 4.78 is 19.2. The van der Waals surface area contributed by atoms with Crippen LogP contribution in [0.5, 0.6) is 5.75 Å². The topological polar surface area (TPSA) is 96.5 Å². The molecule has 0 aliphatic rings. The Hall–Kier alpha value is -4.20. The highest BCUT2D eigenvalue weighted by Gasteiger charge is 2.15. The number of amides is 3. The second-order valence-electron chi connectivity index (χ2n) is 6.70. The standard InChI is InChI=1S/C24H22FN3O4/c1-2-26-23(30)16-11-13-17(14-12-16)27-24(31)18-7-3-6-10-21(18)32-15-22(29)28-20-9-5-4-8-19(20)25/h3-14H,2,15H2,1H3,(H,26,30)(H,27,31)(H,28,29). The largest absolute Gasteiger partial charge is 0.483 e. The number of ether oxygens (including phenoxy) is 1. The molecule has 0 unspecified atom stereocenters. The Bertz CT molecular complexity index is 1120. The fourth-order valence-electron chi connectivity index (χ4n) is 2.84. The molecule has 0 saturated carbocycles. The van der Waals surface area contributed by atoms with Gasteiger partial charge in [-0.25, -0.2) is 4.39 Å². The van der Waals surface area contributed by atoms with Crippen molar-refractivity contribution in [2.24, 2.45) is 0 Å². The van der Waals surface area contributed by atoms with Crippen LogP contribution in [-0.4, -0.2) is 30.9 Å². The van der Waals surface area contributed by atoms with Crippen molar-refractivity contribution in [3.05, 3.63) is 89.7 Å². The van der Waals surface area contributed by atoms with Gasteiger partial charge in [-0.1, -0.05) is 24.3 Å². The first kappa shape index (κ1) is 22.5. The third-order valence-electron chi connectivity index (χ3n) is 4.38. The predicted molar refractivity (Wildman–Crippen MR) is 119 cm³/mol. The maximum atomic E-state index is 13.7. The second-order valence-corrected chi connectivity index (χ2v) is 6.70. The average Bonchev–Trinajstić information content (AvgIpc) is 2.80. The molecule has 164 valence electrons. The highest BCUT2D eigenvalue weighted by Crippen LogP contribution is 2.20. The van der Waals surface area contributed by atoms with E-state index in [1.807, 2.05) is 6.92 Å². The van der Waals surface area contributed by atoms with E-state index < -0.39 is 24.2 Å². The minimum Gasteiger partial charge on any atom is -0.483 e. The van der Waals surface area contributed by atoms with Crippen molar-refractivity contribution >= 4 is 29.1 Å². The fourth-order valence-corrected chi connectivity index (χ4v) is 2.84. The average molecular weight is 435 g/mol. The number of rotatable bonds is 8. The molecule has 3 amide bonds. The van der Waals surface area contributed by atoms with Crippen molar-refractivity contribution in [2.75, 3.05) is 23.8 Å². The zero-order valence-electron chi connectivity index (χ0n) is 17.4. The lowest BCUT2D eigenvalue weighted by atomic mass is 10.1. The number of anilines is 2. The van der Waals surface area contributed by atoms with Gasteiger partial charge in [-0.2, -0.15) is 0 Å². The Kier molecular flexibility index (Phi) is 7.53. The molecule has 0 radical (unpaired) electrons. The van der Waals surface area contributed by atoms with Gasteiger partial charge in [0.25, 0.3) is 17.7 Å². The van der Waals surface area contributed by atoms with E-state index in [9.17, 15) is 18.8 Å². The summed E-state index contributed by atoms with van der Waals surface area (Å²) in [4.78, 5) is 36.7. The van der Waals surface area contributed by atoms with Crippen LogP contribution in [0.1, 0.15) is 27.6 Å². The minimum atomic E-state index is -0.564. The van der Waals surface area contributed by atoms with Gasteiger partial charge in [0.2, 0.25) is 0 Å². The van der Waals surface area contributed by atoms with Crippen LogP contribution in [0.2, 0.25) is 0 Å². The first-order chi connectivity index (χ1) is 15.5. The molecule has 32 heavy (non-hydrogen) atoms. The predicted octanol–water partition coefficient (Wildman–Crippen LogP) is 3.85. The lowest BCUT2D eigenvalue weighted by Gasteiger charge is -2.12. The fraction of sp³-hybridized carbons (Fsp3) is 0.125. The summed E-state index contributed by atoms with van der Waals surface area (Å²) in [6.45, 7) is 1.95. The third kappa shape index (κ3) is 5.91. The van der Waals surface area contributed by atoms with Crippen LogP contribution in [0.15, 0.2) is 72.8 Å². The van der Waals surface area contributed by atoms with Gasteiger partial charge in [-0.15, -0.1) is 0 Å². The third-order valence-corrected chi connectivity index (χ3v) is 4.38. The number of benzene rings is 3. The molecule has 7 nitrogen and oxygen atoms in total. The molecule has 0 saturated heterocycles. The molecular formula is C24H22FN3O4.